The Labute approximate surface area is 223 Å². The maximum Gasteiger partial charge on any atom is 0.540 e. The minimum absolute atomic E-state index is 0.0743. The van der Waals surface area contributed by atoms with Gasteiger partial charge in [-0.15, -0.1) is 5.10 Å². The van der Waals surface area contributed by atoms with Crippen LogP contribution < -0.4 is 4.52 Å². The summed E-state index contributed by atoms with van der Waals surface area (Å²) in [5.74, 6) is 0.783. The third-order valence-electron chi connectivity index (χ3n) is 5.19. The highest BCUT2D eigenvalue weighted by Crippen LogP contribution is 2.51. The van der Waals surface area contributed by atoms with Gasteiger partial charge in [0.1, 0.15) is 18.3 Å². The van der Waals surface area contributed by atoms with Gasteiger partial charge in [-0.3, -0.25) is 18.6 Å². The van der Waals surface area contributed by atoms with Crippen molar-refractivity contribution >= 4 is 40.3 Å². The summed E-state index contributed by atoms with van der Waals surface area (Å²) >= 11 is 5.45. The predicted octanol–water partition coefficient (Wildman–Crippen LogP) is 5.24. The third kappa shape index (κ3) is 10.5. The zero-order valence-corrected chi connectivity index (χ0v) is 24.9. The Hall–Kier alpha value is -1.71. The normalized spacial score (nSPS) is 12.8. The molecule has 0 fully saturated rings. The molecule has 2 rings (SSSR count). The fourth-order valence-electron chi connectivity index (χ4n) is 2.96. The Morgan fingerprint density at radius 3 is 1.92 bits per heavy atom. The molecular weight excluding hydrogens is 559 g/mol. The first kappa shape index (κ1) is 31.5. The lowest BCUT2D eigenvalue weighted by atomic mass is 10.1. The summed E-state index contributed by atoms with van der Waals surface area (Å²) in [5, 5.41) is 13.7. The maximum atomic E-state index is 12.7. The Balaban J connectivity index is 1.98. The Morgan fingerprint density at radius 1 is 0.919 bits per heavy atom. The van der Waals surface area contributed by atoms with E-state index < -0.39 is 22.3 Å². The monoisotopic (exact) mass is 592 g/mol. The first-order chi connectivity index (χ1) is 17.5. The molecule has 2 aromatic carbocycles. The van der Waals surface area contributed by atoms with Gasteiger partial charge in [-0.05, 0) is 53.9 Å². The number of benzene rings is 2. The molecule has 0 radical (unpaired) electrons. The zero-order valence-electron chi connectivity index (χ0n) is 21.4. The van der Waals surface area contributed by atoms with Crippen molar-refractivity contribution in [1.82, 2.24) is 9.68 Å². The number of hydrogen-bond acceptors (Lipinski definition) is 11. The molecule has 204 valence electrons. The number of hydrazone groups is 1. The second-order valence-electron chi connectivity index (χ2n) is 7.68. The van der Waals surface area contributed by atoms with E-state index in [9.17, 15) is 14.2 Å². The van der Waals surface area contributed by atoms with Crippen LogP contribution in [0.15, 0.2) is 53.6 Å². The molecule has 1 N–H and O–H groups in total. The highest BCUT2D eigenvalue weighted by Gasteiger charge is 2.31. The summed E-state index contributed by atoms with van der Waals surface area (Å²) in [4.78, 5) is 1.68. The van der Waals surface area contributed by atoms with Gasteiger partial charge in [0.15, 0.2) is 5.75 Å². The molecule has 0 bridgehead atoms. The van der Waals surface area contributed by atoms with Gasteiger partial charge in [-0.1, -0.05) is 16.9 Å². The molecule has 0 saturated heterocycles. The van der Waals surface area contributed by atoms with Crippen LogP contribution in [0.3, 0.4) is 0 Å². The van der Waals surface area contributed by atoms with Gasteiger partial charge in [0.05, 0.1) is 13.3 Å². The molecular formula is C22H33N3O8P3S+. The first-order valence-corrected chi connectivity index (χ1v) is 16.7. The van der Waals surface area contributed by atoms with E-state index in [1.54, 1.807) is 47.2 Å². The maximum absolute atomic E-state index is 12.7. The van der Waals surface area contributed by atoms with Gasteiger partial charge in [0, 0.05) is 35.0 Å². The summed E-state index contributed by atoms with van der Waals surface area (Å²) < 4.78 is 52.9. The van der Waals surface area contributed by atoms with E-state index in [4.69, 9.17) is 34.4 Å². The van der Waals surface area contributed by atoms with Crippen molar-refractivity contribution in [1.29, 1.82) is 0 Å². The van der Waals surface area contributed by atoms with Crippen LogP contribution >= 0.6 is 22.3 Å². The van der Waals surface area contributed by atoms with Crippen molar-refractivity contribution in [2.24, 2.45) is 5.10 Å². The number of aromatic hydroxyl groups is 1. The Kier molecular flexibility index (Phi) is 12.8. The number of hydrogen-bond donors (Lipinski definition) is 1. The minimum atomic E-state index is -3.39. The molecule has 0 saturated carbocycles. The fourth-order valence-corrected chi connectivity index (χ4v) is 6.28. The number of rotatable bonds is 16. The molecule has 1 atom stereocenters. The van der Waals surface area contributed by atoms with Crippen LogP contribution in [0.4, 0.5) is 0 Å². The van der Waals surface area contributed by atoms with Crippen molar-refractivity contribution in [2.45, 2.75) is 6.42 Å². The number of nitrogens with zero attached hydrogens (tertiary/aromatic N) is 3. The smallest absolute Gasteiger partial charge is 0.508 e. The second-order valence-corrected chi connectivity index (χ2v) is 14.3. The summed E-state index contributed by atoms with van der Waals surface area (Å²) in [6.07, 6.45) is 2.04. The van der Waals surface area contributed by atoms with Gasteiger partial charge in [-0.25, -0.2) is 0 Å². The molecule has 0 aliphatic carbocycles. The van der Waals surface area contributed by atoms with Crippen molar-refractivity contribution in [3.05, 3.63) is 59.7 Å². The molecule has 2 aromatic rings. The SMILES string of the molecule is COP(=O)(CN(CCc1ccc(O[P+](=S)N(C)/N=C\c2ccc(O)cc2)cc1)CP(=O)(OC)OC)OC. The van der Waals surface area contributed by atoms with E-state index in [1.807, 2.05) is 24.3 Å². The summed E-state index contributed by atoms with van der Waals surface area (Å²) in [7, 11) is -1.28. The predicted molar refractivity (Wildman–Crippen MR) is 148 cm³/mol. The van der Waals surface area contributed by atoms with Gasteiger partial charge >= 0.3 is 22.3 Å². The average Bonchev–Trinajstić information content (AvgIpc) is 2.91. The average molecular weight is 593 g/mol. The third-order valence-corrected chi connectivity index (χ3v) is 10.8. The number of phenolic OH excluding ortho intramolecular Hbond substituents is 1. The highest BCUT2D eigenvalue weighted by atomic mass is 32.4. The largest absolute Gasteiger partial charge is 0.540 e. The first-order valence-electron chi connectivity index (χ1n) is 11.0. The van der Waals surface area contributed by atoms with Crippen molar-refractivity contribution < 1.29 is 36.9 Å². The van der Waals surface area contributed by atoms with Gasteiger partial charge in [-0.2, -0.15) is 0 Å². The molecule has 37 heavy (non-hydrogen) atoms. The van der Waals surface area contributed by atoms with E-state index in [-0.39, 0.29) is 18.3 Å². The molecule has 0 spiro atoms. The van der Waals surface area contributed by atoms with E-state index in [0.29, 0.717) is 18.7 Å². The molecule has 0 aliphatic rings. The molecule has 0 heterocycles. The summed E-state index contributed by atoms with van der Waals surface area (Å²) in [6.45, 7) is 0.399. The van der Waals surface area contributed by atoms with Crippen LogP contribution in [0, 0.1) is 0 Å². The van der Waals surface area contributed by atoms with E-state index in [0.717, 1.165) is 11.1 Å². The molecule has 11 nitrogen and oxygen atoms in total. The van der Waals surface area contributed by atoms with Crippen LogP contribution in [0.25, 0.3) is 0 Å². The van der Waals surface area contributed by atoms with Crippen LogP contribution in [-0.4, -0.2) is 75.6 Å². The minimum Gasteiger partial charge on any atom is -0.508 e. The molecule has 1 unspecified atom stereocenters. The molecule has 0 aliphatic heterocycles. The topological polar surface area (TPSA) is 119 Å². The van der Waals surface area contributed by atoms with E-state index >= 15 is 0 Å². The Bertz CT molecular complexity index is 1090. The van der Waals surface area contributed by atoms with Gasteiger partial charge in [0.25, 0.3) is 0 Å². The summed E-state index contributed by atoms with van der Waals surface area (Å²) in [6, 6.07) is 14.0. The molecule has 15 heteroatoms. The highest BCUT2D eigenvalue weighted by molar-refractivity contribution is 8.02. The van der Waals surface area contributed by atoms with E-state index in [1.165, 1.54) is 28.4 Å². The van der Waals surface area contributed by atoms with Crippen LogP contribution in [0.5, 0.6) is 11.5 Å². The zero-order chi connectivity index (χ0) is 27.5. The van der Waals surface area contributed by atoms with Crippen LogP contribution in [-0.2, 0) is 45.5 Å². The molecule has 0 aromatic heterocycles. The lowest BCUT2D eigenvalue weighted by Crippen LogP contribution is -2.29. The van der Waals surface area contributed by atoms with Crippen molar-refractivity contribution in [3.8, 4) is 11.5 Å². The second kappa shape index (κ2) is 15.0. The lowest BCUT2D eigenvalue weighted by Gasteiger charge is -2.27. The standard InChI is InChI=1S/C22H32N3O8P3S/c1-24(23-16-20-6-10-21(26)11-7-20)34(37)33-22-12-8-19(9-13-22)14-15-25(17-35(27,29-2)30-3)18-36(28,31-4)32-5/h6-13,16H,14-15,17-18H2,1-5H3/p+1. The quantitative estimate of drug-likeness (QED) is 0.157. The number of phenols is 1. The summed E-state index contributed by atoms with van der Waals surface area (Å²) in [5.41, 5.74) is 1.79. The lowest BCUT2D eigenvalue weighted by molar-refractivity contribution is 0.224. The molecule has 0 amide bonds. The van der Waals surface area contributed by atoms with E-state index in [2.05, 4.69) is 5.10 Å². The van der Waals surface area contributed by atoms with Gasteiger partial charge < -0.3 is 23.2 Å². The van der Waals surface area contributed by atoms with Crippen molar-refractivity contribution in [2.75, 3.05) is 54.6 Å². The Morgan fingerprint density at radius 2 is 1.43 bits per heavy atom. The van der Waals surface area contributed by atoms with Crippen LogP contribution in [0.1, 0.15) is 11.1 Å². The van der Waals surface area contributed by atoms with Gasteiger partial charge in [0.2, 0.25) is 11.8 Å². The van der Waals surface area contributed by atoms with Crippen molar-refractivity contribution in [3.63, 3.8) is 0 Å². The van der Waals surface area contributed by atoms with Crippen LogP contribution in [0.2, 0.25) is 0 Å². The fraction of sp³-hybridized carbons (Fsp3) is 0.409.